The van der Waals surface area contributed by atoms with Crippen LogP contribution in [0.2, 0.25) is 5.28 Å². The topological polar surface area (TPSA) is 204 Å². The molecule has 1 saturated heterocycles. The van der Waals surface area contributed by atoms with E-state index in [9.17, 15) is 29.0 Å². The maximum Gasteiger partial charge on any atom is 0.413 e. The summed E-state index contributed by atoms with van der Waals surface area (Å²) in [5.74, 6) is -3.86. The van der Waals surface area contributed by atoms with Crippen molar-refractivity contribution in [1.82, 2.24) is 19.5 Å². The number of esters is 1. The maximum atomic E-state index is 15.5. The molecular weight excluding hydrogens is 544 g/mol. The number of hydrogen-bond acceptors (Lipinski definition) is 11. The quantitative estimate of drug-likeness (QED) is 0.211. The van der Waals surface area contributed by atoms with E-state index < -0.39 is 61.3 Å². The zero-order valence-corrected chi connectivity index (χ0v) is 21.5. The Bertz CT molecular complexity index is 1280. The Labute approximate surface area is 213 Å². The molecule has 1 aliphatic heterocycles. The zero-order valence-electron chi connectivity index (χ0n) is 19.9. The predicted octanol–water partition coefficient (Wildman–Crippen LogP) is 1.26. The minimum absolute atomic E-state index is 0.00953. The first kappa shape index (κ1) is 27.6. The molecule has 18 heteroatoms. The summed E-state index contributed by atoms with van der Waals surface area (Å²) < 4.78 is 48.7. The lowest BCUT2D eigenvalue weighted by Gasteiger charge is -2.24. The van der Waals surface area contributed by atoms with Gasteiger partial charge >= 0.3 is 19.7 Å². The van der Waals surface area contributed by atoms with Crippen LogP contribution >= 0.6 is 19.2 Å². The lowest BCUT2D eigenvalue weighted by atomic mass is 10.2. The highest BCUT2D eigenvalue weighted by Gasteiger charge is 2.80. The van der Waals surface area contributed by atoms with Gasteiger partial charge in [-0.15, -0.1) is 0 Å². The first-order chi connectivity index (χ1) is 17.1. The van der Waals surface area contributed by atoms with E-state index in [1.54, 1.807) is 20.8 Å². The Morgan fingerprint density at radius 1 is 1.38 bits per heavy atom. The number of imidazole rings is 1. The van der Waals surface area contributed by atoms with Gasteiger partial charge in [0, 0.05) is 0 Å². The third kappa shape index (κ3) is 5.14. The van der Waals surface area contributed by atoms with Crippen LogP contribution in [0.25, 0.3) is 11.2 Å². The highest BCUT2D eigenvalue weighted by Crippen LogP contribution is 2.59. The van der Waals surface area contributed by atoms with Crippen LogP contribution in [0.1, 0.15) is 33.9 Å². The number of ether oxygens (including phenoxy) is 4. The van der Waals surface area contributed by atoms with Crippen LogP contribution < -0.4 is 5.32 Å². The average Bonchev–Trinajstić information content (AvgIpc) is 3.00. The smallest absolute Gasteiger partial charge is 0.413 e. The number of nitrogens with one attached hydrogen (secondary N) is 1. The van der Waals surface area contributed by atoms with E-state index >= 15 is 4.39 Å². The van der Waals surface area contributed by atoms with Gasteiger partial charge in [-0.2, -0.15) is 9.97 Å². The lowest BCUT2D eigenvalue weighted by Crippen LogP contribution is -2.37. The van der Waals surface area contributed by atoms with Crippen molar-refractivity contribution in [2.24, 2.45) is 0 Å². The number of anilines is 1. The van der Waals surface area contributed by atoms with Gasteiger partial charge in [-0.25, -0.2) is 19.0 Å². The molecule has 2 aromatic rings. The van der Waals surface area contributed by atoms with Crippen LogP contribution in [0.4, 0.5) is 15.0 Å². The van der Waals surface area contributed by atoms with E-state index in [0.29, 0.717) is 0 Å². The lowest BCUT2D eigenvalue weighted by molar-refractivity contribution is -0.157. The molecule has 1 unspecified atom stereocenters. The van der Waals surface area contributed by atoms with Crippen molar-refractivity contribution < 1.29 is 52.4 Å². The molecule has 15 nitrogen and oxygen atoms in total. The van der Waals surface area contributed by atoms with Crippen LogP contribution in [0, 0.1) is 0 Å². The molecule has 4 N–H and O–H groups in total. The molecule has 204 valence electrons. The number of carbonyl (C=O) groups excluding carboxylic acids is 2. The minimum atomic E-state index is -5.17. The standard InChI is InChI=1S/C19H24ClFN5O10P/c1-5-33-14(27)15(37(30,31)32)35-10-9-19(10,29)8(21)13(34-9)26-6-22-7-11(23-16(20)25-12(7)26)24-17(28)36-18(2,3)4/h6,8-10,13,15,29H,5H2,1-4H3,(H2,30,31,32)(H,23,24,25,28)/t8-,9-,10?,13-,15+,19+/m1/s1. The van der Waals surface area contributed by atoms with Crippen molar-refractivity contribution in [3.63, 3.8) is 0 Å². The highest BCUT2D eigenvalue weighted by atomic mass is 35.5. The van der Waals surface area contributed by atoms with E-state index in [1.165, 1.54) is 6.92 Å². The molecule has 2 aromatic heterocycles. The summed E-state index contributed by atoms with van der Waals surface area (Å²) in [4.78, 5) is 55.0. The monoisotopic (exact) mass is 567 g/mol. The number of carbonyl (C=O) groups is 2. The molecule has 37 heavy (non-hydrogen) atoms. The summed E-state index contributed by atoms with van der Waals surface area (Å²) in [5.41, 5.74) is -3.19. The second-order valence-corrected chi connectivity index (χ2v) is 11.3. The number of hydrogen-bond donors (Lipinski definition) is 4. The SMILES string of the molecule is CCOC(=O)[C@@H](OC1[C@H]2O[C@@H](n3cnc4c(NC(=O)OC(C)(C)C)nc(Cl)nc43)[C@@H](F)[C@@]12O)P(=O)(O)O. The molecule has 6 atom stereocenters. The molecule has 1 aliphatic carbocycles. The molecule has 4 rings (SSSR count). The molecule has 2 aliphatic rings. The van der Waals surface area contributed by atoms with Crippen molar-refractivity contribution >= 4 is 48.2 Å². The van der Waals surface area contributed by atoms with Crippen molar-refractivity contribution in [2.45, 2.75) is 69.3 Å². The second kappa shape index (κ2) is 9.38. The summed E-state index contributed by atoms with van der Waals surface area (Å²) in [6, 6.07) is 0. The van der Waals surface area contributed by atoms with Gasteiger partial charge in [0.1, 0.15) is 17.8 Å². The molecule has 0 aromatic carbocycles. The molecule has 3 heterocycles. The van der Waals surface area contributed by atoms with Gasteiger partial charge < -0.3 is 33.8 Å². The van der Waals surface area contributed by atoms with Crippen molar-refractivity contribution in [1.29, 1.82) is 0 Å². The fourth-order valence-electron chi connectivity index (χ4n) is 3.85. The fourth-order valence-corrected chi connectivity index (χ4v) is 4.65. The zero-order chi connectivity index (χ0) is 27.5. The van der Waals surface area contributed by atoms with E-state index in [4.69, 9.17) is 25.8 Å². The van der Waals surface area contributed by atoms with Gasteiger partial charge in [-0.05, 0) is 39.3 Å². The van der Waals surface area contributed by atoms with Crippen LogP contribution in [0.3, 0.4) is 0 Å². The summed E-state index contributed by atoms with van der Waals surface area (Å²) >= 11 is 5.98. The van der Waals surface area contributed by atoms with Crippen molar-refractivity contribution in [2.75, 3.05) is 11.9 Å². The largest absolute Gasteiger partial charge is 0.464 e. The molecular formula is C19H24ClFN5O10P. The minimum Gasteiger partial charge on any atom is -0.464 e. The van der Waals surface area contributed by atoms with Crippen molar-refractivity contribution in [3.05, 3.63) is 11.6 Å². The number of nitrogens with zero attached hydrogens (tertiary/aromatic N) is 4. The van der Waals surface area contributed by atoms with E-state index in [1.807, 2.05) is 0 Å². The number of halogens is 2. The summed E-state index contributed by atoms with van der Waals surface area (Å²) in [5, 5.41) is 12.9. The van der Waals surface area contributed by atoms with E-state index in [0.717, 1.165) is 10.9 Å². The Balaban J connectivity index is 1.56. The Hall–Kier alpha value is -2.46. The van der Waals surface area contributed by atoms with E-state index in [-0.39, 0.29) is 28.9 Å². The first-order valence-corrected chi connectivity index (χ1v) is 12.9. The third-order valence-corrected chi connectivity index (χ3v) is 6.52. The van der Waals surface area contributed by atoms with Gasteiger partial charge in [0.15, 0.2) is 35.0 Å². The molecule has 2 fully saturated rings. The van der Waals surface area contributed by atoms with Gasteiger partial charge in [0.25, 0.3) is 5.85 Å². The maximum absolute atomic E-state index is 15.5. The Morgan fingerprint density at radius 3 is 2.59 bits per heavy atom. The normalized spacial score (nSPS) is 28.0. The number of aliphatic hydroxyl groups is 1. The summed E-state index contributed by atoms with van der Waals surface area (Å²) in [6.45, 7) is 6.20. The molecule has 1 saturated carbocycles. The number of rotatable bonds is 7. The number of fused-ring (bicyclic) bond motifs is 2. The summed E-state index contributed by atoms with van der Waals surface area (Å²) in [7, 11) is -5.17. The van der Waals surface area contributed by atoms with Gasteiger partial charge in [0.05, 0.1) is 12.9 Å². The van der Waals surface area contributed by atoms with Crippen LogP contribution in [-0.4, -0.2) is 88.5 Å². The Morgan fingerprint density at radius 2 is 2.05 bits per heavy atom. The predicted molar refractivity (Wildman–Crippen MR) is 121 cm³/mol. The molecule has 0 spiro atoms. The van der Waals surface area contributed by atoms with E-state index in [2.05, 4.69) is 25.0 Å². The molecule has 0 bridgehead atoms. The molecule has 1 amide bonds. The van der Waals surface area contributed by atoms with Crippen molar-refractivity contribution in [3.8, 4) is 0 Å². The summed E-state index contributed by atoms with van der Waals surface area (Å²) in [6.07, 6.45) is -6.42. The number of amides is 1. The number of alkyl halides is 1. The van der Waals surface area contributed by atoms with Crippen LogP contribution in [-0.2, 0) is 28.3 Å². The van der Waals surface area contributed by atoms with Crippen LogP contribution in [0.5, 0.6) is 0 Å². The highest BCUT2D eigenvalue weighted by molar-refractivity contribution is 7.53. The van der Waals surface area contributed by atoms with Gasteiger partial charge in [0.2, 0.25) is 5.28 Å². The van der Waals surface area contributed by atoms with Crippen LogP contribution in [0.15, 0.2) is 6.33 Å². The van der Waals surface area contributed by atoms with Gasteiger partial charge in [-0.1, -0.05) is 0 Å². The third-order valence-electron chi connectivity index (χ3n) is 5.41. The molecule has 0 radical (unpaired) electrons. The second-order valence-electron chi connectivity index (χ2n) is 9.28. The average molecular weight is 568 g/mol. The number of aromatic nitrogens is 4. The first-order valence-electron chi connectivity index (χ1n) is 10.9. The fraction of sp³-hybridized carbons (Fsp3) is 0.632. The van der Waals surface area contributed by atoms with Gasteiger partial charge in [-0.3, -0.25) is 14.4 Å². The Kier molecular flexibility index (Phi) is 6.99.